The Morgan fingerprint density at radius 3 is 2.75 bits per heavy atom. The van der Waals surface area contributed by atoms with Gasteiger partial charge in [-0.25, -0.2) is 9.37 Å². The monoisotopic (exact) mass is 373 g/mol. The number of nitrogens with two attached hydrogens (primary N) is 1. The number of benzene rings is 1. The average Bonchev–Trinajstić information content (AvgIpc) is 2.83. The van der Waals surface area contributed by atoms with Crippen molar-refractivity contribution in [2.75, 3.05) is 5.32 Å². The minimum Gasteiger partial charge on any atom is -0.389 e. The molecule has 106 valence electrons. The maximum atomic E-state index is 14.2. The predicted molar refractivity (Wildman–Crippen MR) is 89.5 cm³/mol. The normalized spacial score (nSPS) is 10.8. The van der Waals surface area contributed by atoms with Crippen molar-refractivity contribution < 1.29 is 4.39 Å². The van der Waals surface area contributed by atoms with Crippen molar-refractivity contribution in [2.24, 2.45) is 5.73 Å². The van der Waals surface area contributed by atoms with Crippen molar-refractivity contribution in [3.8, 4) is 0 Å². The van der Waals surface area contributed by atoms with Gasteiger partial charge in [0.1, 0.15) is 4.99 Å². The van der Waals surface area contributed by atoms with Crippen molar-refractivity contribution in [2.45, 2.75) is 19.8 Å². The molecule has 3 N–H and O–H groups in total. The quantitative estimate of drug-likeness (QED) is 0.772. The molecule has 0 spiro atoms. The predicted octanol–water partition coefficient (Wildman–Crippen LogP) is 4.55. The molecule has 0 atom stereocenters. The van der Waals surface area contributed by atoms with E-state index in [2.05, 4.69) is 40.1 Å². The molecule has 0 unspecified atom stereocenters. The third kappa shape index (κ3) is 3.16. The molecule has 2 aromatic rings. The maximum absolute atomic E-state index is 14.2. The standard InChI is InChI=1S/C13H13BrFN3S2/c1-6(2)9-5-20-13(18-9)17-8-4-3-7(12(16)19)10(14)11(8)15/h3-6H,1-2H3,(H2,16,19)(H,17,18). The van der Waals surface area contributed by atoms with Crippen LogP contribution in [0, 0.1) is 5.82 Å². The van der Waals surface area contributed by atoms with Gasteiger partial charge in [-0.1, -0.05) is 26.1 Å². The van der Waals surface area contributed by atoms with Crippen molar-refractivity contribution in [1.29, 1.82) is 0 Å². The van der Waals surface area contributed by atoms with Gasteiger partial charge in [0, 0.05) is 10.9 Å². The second-order valence-electron chi connectivity index (χ2n) is 4.51. The average molecular weight is 374 g/mol. The van der Waals surface area contributed by atoms with E-state index in [-0.39, 0.29) is 9.46 Å². The van der Waals surface area contributed by atoms with E-state index in [4.69, 9.17) is 18.0 Å². The molecule has 1 aromatic carbocycles. The van der Waals surface area contributed by atoms with Crippen LogP contribution >= 0.6 is 39.5 Å². The summed E-state index contributed by atoms with van der Waals surface area (Å²) in [5, 5.41) is 5.59. The molecule has 0 aliphatic carbocycles. The minimum atomic E-state index is -0.434. The lowest BCUT2D eigenvalue weighted by atomic mass is 10.2. The summed E-state index contributed by atoms with van der Waals surface area (Å²) < 4.78 is 14.5. The fourth-order valence-corrected chi connectivity index (χ4v) is 3.31. The SMILES string of the molecule is CC(C)c1csc(Nc2ccc(C(N)=S)c(Br)c2F)n1. The van der Waals surface area contributed by atoms with E-state index in [0.29, 0.717) is 22.3 Å². The van der Waals surface area contributed by atoms with Crippen LogP contribution in [-0.2, 0) is 0 Å². The molecule has 0 aliphatic rings. The minimum absolute atomic E-state index is 0.152. The number of nitrogens with one attached hydrogen (secondary N) is 1. The number of thiazole rings is 1. The number of aromatic nitrogens is 1. The third-order valence-electron chi connectivity index (χ3n) is 2.70. The Kier molecular flexibility index (Phi) is 4.72. The number of hydrogen-bond acceptors (Lipinski definition) is 4. The van der Waals surface area contributed by atoms with Gasteiger partial charge in [0.2, 0.25) is 0 Å². The molecule has 0 saturated heterocycles. The molecule has 1 aromatic heterocycles. The Balaban J connectivity index is 2.29. The summed E-state index contributed by atoms with van der Waals surface area (Å²) in [6.45, 7) is 4.12. The molecule has 7 heteroatoms. The van der Waals surface area contributed by atoms with Gasteiger partial charge in [-0.3, -0.25) is 0 Å². The van der Waals surface area contributed by atoms with Crippen LogP contribution in [0.15, 0.2) is 22.0 Å². The highest BCUT2D eigenvalue weighted by Gasteiger charge is 2.14. The van der Waals surface area contributed by atoms with Crippen molar-refractivity contribution in [3.05, 3.63) is 39.1 Å². The molecule has 3 nitrogen and oxygen atoms in total. The van der Waals surface area contributed by atoms with Crippen LogP contribution in [0.3, 0.4) is 0 Å². The van der Waals surface area contributed by atoms with Gasteiger partial charge in [-0.2, -0.15) is 0 Å². The molecule has 0 bridgehead atoms. The smallest absolute Gasteiger partial charge is 0.187 e. The number of halogens is 2. The summed E-state index contributed by atoms with van der Waals surface area (Å²) in [6.07, 6.45) is 0. The second-order valence-corrected chi connectivity index (χ2v) is 6.60. The fourth-order valence-electron chi connectivity index (χ4n) is 1.56. The molecule has 20 heavy (non-hydrogen) atoms. The lowest BCUT2D eigenvalue weighted by molar-refractivity contribution is 0.625. The highest BCUT2D eigenvalue weighted by atomic mass is 79.9. The molecule has 0 amide bonds. The molecule has 2 rings (SSSR count). The van der Waals surface area contributed by atoms with Crippen LogP contribution in [0.25, 0.3) is 0 Å². The van der Waals surface area contributed by atoms with Gasteiger partial charge in [-0.05, 0) is 34.0 Å². The number of anilines is 2. The van der Waals surface area contributed by atoms with Crippen LogP contribution in [-0.4, -0.2) is 9.97 Å². The first-order valence-corrected chi connectivity index (χ1v) is 7.98. The van der Waals surface area contributed by atoms with E-state index >= 15 is 0 Å². The van der Waals surface area contributed by atoms with Crippen LogP contribution in [0.2, 0.25) is 0 Å². The molecular weight excluding hydrogens is 361 g/mol. The Morgan fingerprint density at radius 1 is 1.50 bits per heavy atom. The summed E-state index contributed by atoms with van der Waals surface area (Å²) in [4.78, 5) is 4.56. The Bertz CT molecular complexity index is 655. The molecule has 0 fully saturated rings. The maximum Gasteiger partial charge on any atom is 0.187 e. The summed E-state index contributed by atoms with van der Waals surface area (Å²) in [6, 6.07) is 3.28. The van der Waals surface area contributed by atoms with Crippen molar-refractivity contribution in [1.82, 2.24) is 4.98 Å². The van der Waals surface area contributed by atoms with Gasteiger partial charge >= 0.3 is 0 Å². The first kappa shape index (κ1) is 15.3. The molecule has 0 radical (unpaired) electrons. The largest absolute Gasteiger partial charge is 0.389 e. The lowest BCUT2D eigenvalue weighted by Crippen LogP contribution is -2.11. The first-order chi connectivity index (χ1) is 9.40. The van der Waals surface area contributed by atoms with Gasteiger partial charge in [-0.15, -0.1) is 11.3 Å². The topological polar surface area (TPSA) is 50.9 Å². The number of nitrogens with zero attached hydrogens (tertiary/aromatic N) is 1. The van der Waals surface area contributed by atoms with Gasteiger partial charge < -0.3 is 11.1 Å². The number of rotatable bonds is 4. The number of thiocarbonyl (C=S) groups is 1. The van der Waals surface area contributed by atoms with Crippen LogP contribution in [0.5, 0.6) is 0 Å². The van der Waals surface area contributed by atoms with E-state index < -0.39 is 5.82 Å². The van der Waals surface area contributed by atoms with Crippen molar-refractivity contribution >= 4 is 55.3 Å². The molecule has 0 saturated carbocycles. The van der Waals surface area contributed by atoms with Gasteiger partial charge in [0.05, 0.1) is 15.9 Å². The zero-order valence-electron chi connectivity index (χ0n) is 10.9. The zero-order valence-corrected chi connectivity index (χ0v) is 14.1. The Labute approximate surface area is 134 Å². The molecule has 1 heterocycles. The van der Waals surface area contributed by atoms with E-state index in [9.17, 15) is 4.39 Å². The summed E-state index contributed by atoms with van der Waals surface area (Å²) in [5.41, 5.74) is 7.32. The third-order valence-corrected chi connectivity index (χ3v) is 4.47. The first-order valence-electron chi connectivity index (χ1n) is 5.90. The zero-order chi connectivity index (χ0) is 14.9. The highest BCUT2D eigenvalue weighted by Crippen LogP contribution is 2.31. The Morgan fingerprint density at radius 2 is 2.20 bits per heavy atom. The number of hydrogen-bond donors (Lipinski definition) is 2. The molecular formula is C13H13BrFN3S2. The van der Waals surface area contributed by atoms with Crippen LogP contribution in [0.4, 0.5) is 15.2 Å². The van der Waals surface area contributed by atoms with Crippen LogP contribution < -0.4 is 11.1 Å². The summed E-state index contributed by atoms with van der Waals surface area (Å²) in [7, 11) is 0. The van der Waals surface area contributed by atoms with Crippen LogP contribution in [0.1, 0.15) is 31.0 Å². The van der Waals surface area contributed by atoms with Gasteiger partial charge in [0.25, 0.3) is 0 Å². The fraction of sp³-hybridized carbons (Fsp3) is 0.231. The second kappa shape index (κ2) is 6.15. The Hall–Kier alpha value is -1.05. The van der Waals surface area contributed by atoms with Gasteiger partial charge in [0.15, 0.2) is 10.9 Å². The molecule has 0 aliphatic heterocycles. The lowest BCUT2D eigenvalue weighted by Gasteiger charge is -2.09. The highest BCUT2D eigenvalue weighted by molar-refractivity contribution is 9.10. The summed E-state index contributed by atoms with van der Waals surface area (Å²) in [5.74, 6) is -0.0908. The van der Waals surface area contributed by atoms with E-state index in [1.807, 2.05) is 5.38 Å². The van der Waals surface area contributed by atoms with E-state index in [1.165, 1.54) is 11.3 Å². The van der Waals surface area contributed by atoms with E-state index in [0.717, 1.165) is 5.69 Å². The van der Waals surface area contributed by atoms with E-state index in [1.54, 1.807) is 12.1 Å². The van der Waals surface area contributed by atoms with Crippen molar-refractivity contribution in [3.63, 3.8) is 0 Å². The summed E-state index contributed by atoms with van der Waals surface area (Å²) >= 11 is 9.48.